The number of carbonyl (C=O) groups excluding carboxylic acids is 1. The van der Waals surface area contributed by atoms with E-state index in [4.69, 9.17) is 21.6 Å². The molecule has 0 aliphatic carbocycles. The maximum Gasteiger partial charge on any atom is 0.488 e. The molecule has 1 rings (SSSR count). The van der Waals surface area contributed by atoms with Crippen molar-refractivity contribution in [2.75, 3.05) is 13.1 Å². The van der Waals surface area contributed by atoms with Gasteiger partial charge in [0.15, 0.2) is 0 Å². The molecule has 0 radical (unpaired) electrons. The first-order chi connectivity index (χ1) is 8.01. The summed E-state index contributed by atoms with van der Waals surface area (Å²) in [6, 6.07) is 4.38. The molecule has 0 aliphatic heterocycles. The van der Waals surface area contributed by atoms with Gasteiger partial charge in [0.1, 0.15) is 0 Å². The van der Waals surface area contributed by atoms with Gasteiger partial charge in [-0.2, -0.15) is 0 Å². The van der Waals surface area contributed by atoms with Crippen LogP contribution in [0, 0.1) is 0 Å². The lowest BCUT2D eigenvalue weighted by Crippen LogP contribution is -2.34. The van der Waals surface area contributed by atoms with Crippen molar-refractivity contribution < 1.29 is 14.8 Å². The van der Waals surface area contributed by atoms with Gasteiger partial charge in [0.05, 0.1) is 10.6 Å². The molecule has 92 valence electrons. The fourth-order valence-corrected chi connectivity index (χ4v) is 1.75. The second-order valence-electron chi connectivity index (χ2n) is 3.59. The molecule has 0 fully saturated rings. The van der Waals surface area contributed by atoms with Crippen LogP contribution in [0.2, 0.25) is 5.02 Å². The van der Waals surface area contributed by atoms with Crippen LogP contribution in [0.5, 0.6) is 0 Å². The van der Waals surface area contributed by atoms with Gasteiger partial charge in [0.2, 0.25) is 0 Å². The molecule has 0 bridgehead atoms. The van der Waals surface area contributed by atoms with Crippen LogP contribution < -0.4 is 5.46 Å². The SMILES string of the molecule is CCN(CC)C(=O)c1cc(B(O)O)ccc1Cl. The van der Waals surface area contributed by atoms with Gasteiger partial charge < -0.3 is 14.9 Å². The molecule has 0 saturated heterocycles. The van der Waals surface area contributed by atoms with E-state index in [1.54, 1.807) is 4.90 Å². The third kappa shape index (κ3) is 3.22. The monoisotopic (exact) mass is 255 g/mol. The Morgan fingerprint density at radius 3 is 2.41 bits per heavy atom. The van der Waals surface area contributed by atoms with Gasteiger partial charge in [0.25, 0.3) is 5.91 Å². The topological polar surface area (TPSA) is 60.8 Å². The third-order valence-corrected chi connectivity index (χ3v) is 2.90. The molecule has 2 N–H and O–H groups in total. The van der Waals surface area contributed by atoms with Crippen LogP contribution in [0.15, 0.2) is 18.2 Å². The first-order valence-corrected chi connectivity index (χ1v) is 5.83. The van der Waals surface area contributed by atoms with Crippen LogP contribution in [0.1, 0.15) is 24.2 Å². The minimum absolute atomic E-state index is 0.206. The summed E-state index contributed by atoms with van der Waals surface area (Å²) in [5.74, 6) is -0.206. The van der Waals surface area contributed by atoms with Crippen LogP contribution in [-0.4, -0.2) is 41.1 Å². The summed E-state index contributed by atoms with van der Waals surface area (Å²) in [7, 11) is -1.60. The molecule has 0 unspecified atom stereocenters. The second-order valence-corrected chi connectivity index (χ2v) is 4.00. The van der Waals surface area contributed by atoms with Gasteiger partial charge in [-0.05, 0) is 31.4 Å². The van der Waals surface area contributed by atoms with E-state index in [0.29, 0.717) is 23.7 Å². The largest absolute Gasteiger partial charge is 0.488 e. The zero-order valence-electron chi connectivity index (χ0n) is 9.85. The summed E-state index contributed by atoms with van der Waals surface area (Å²) >= 11 is 5.94. The van der Waals surface area contributed by atoms with Crippen molar-refractivity contribution in [2.45, 2.75) is 13.8 Å². The Morgan fingerprint density at radius 1 is 1.35 bits per heavy atom. The quantitative estimate of drug-likeness (QED) is 0.771. The number of amides is 1. The number of carbonyl (C=O) groups is 1. The molecule has 4 nitrogen and oxygen atoms in total. The molecule has 0 aromatic heterocycles. The first kappa shape index (κ1) is 14.0. The molecular formula is C11H15BClNO3. The molecule has 0 aliphatic rings. The Bertz CT molecular complexity index is 408. The number of halogens is 1. The normalized spacial score (nSPS) is 10.2. The van der Waals surface area contributed by atoms with Crippen LogP contribution in [0.3, 0.4) is 0 Å². The highest BCUT2D eigenvalue weighted by molar-refractivity contribution is 6.58. The molecule has 1 amide bonds. The van der Waals surface area contributed by atoms with Gasteiger partial charge in [-0.15, -0.1) is 0 Å². The molecule has 0 heterocycles. The van der Waals surface area contributed by atoms with E-state index >= 15 is 0 Å². The first-order valence-electron chi connectivity index (χ1n) is 5.46. The molecule has 17 heavy (non-hydrogen) atoms. The summed E-state index contributed by atoms with van der Waals surface area (Å²) in [5.41, 5.74) is 0.547. The smallest absolute Gasteiger partial charge is 0.423 e. The lowest BCUT2D eigenvalue weighted by Gasteiger charge is -2.19. The lowest BCUT2D eigenvalue weighted by molar-refractivity contribution is 0.0773. The van der Waals surface area contributed by atoms with Crippen molar-refractivity contribution in [3.8, 4) is 0 Å². The minimum atomic E-state index is -1.60. The van der Waals surface area contributed by atoms with Gasteiger partial charge in [-0.1, -0.05) is 17.7 Å². The predicted molar refractivity (Wildman–Crippen MR) is 68.5 cm³/mol. The Hall–Kier alpha value is -1.04. The Labute approximate surface area is 106 Å². The summed E-state index contributed by atoms with van der Waals surface area (Å²) in [4.78, 5) is 13.7. The molecule has 0 saturated carbocycles. The predicted octanol–water partition coefficient (Wildman–Crippen LogP) is 0.502. The Balaban J connectivity index is 3.11. The van der Waals surface area contributed by atoms with E-state index < -0.39 is 7.12 Å². The summed E-state index contributed by atoms with van der Waals surface area (Å²) in [6.07, 6.45) is 0. The number of hydrogen-bond donors (Lipinski definition) is 2. The van der Waals surface area contributed by atoms with E-state index in [1.807, 2.05) is 13.8 Å². The number of hydrogen-bond acceptors (Lipinski definition) is 3. The number of nitrogens with zero attached hydrogens (tertiary/aromatic N) is 1. The third-order valence-electron chi connectivity index (χ3n) is 2.57. The van der Waals surface area contributed by atoms with Crippen molar-refractivity contribution in [2.24, 2.45) is 0 Å². The summed E-state index contributed by atoms with van der Waals surface area (Å²) in [6.45, 7) is 4.91. The molecule has 6 heteroatoms. The molecule has 1 aromatic rings. The van der Waals surface area contributed by atoms with Crippen molar-refractivity contribution in [1.29, 1.82) is 0 Å². The number of rotatable bonds is 4. The van der Waals surface area contributed by atoms with Crippen molar-refractivity contribution in [3.05, 3.63) is 28.8 Å². The highest BCUT2D eigenvalue weighted by atomic mass is 35.5. The van der Waals surface area contributed by atoms with E-state index in [1.165, 1.54) is 18.2 Å². The van der Waals surface area contributed by atoms with E-state index in [2.05, 4.69) is 0 Å². The van der Waals surface area contributed by atoms with Crippen LogP contribution in [0.25, 0.3) is 0 Å². The highest BCUT2D eigenvalue weighted by Crippen LogP contribution is 2.16. The Kier molecular flexibility index (Phi) is 4.99. The summed E-state index contributed by atoms with van der Waals surface area (Å²) in [5, 5.41) is 18.4. The standard InChI is InChI=1S/C11H15BClNO3/c1-3-14(4-2)11(15)9-7-8(12(16)17)5-6-10(9)13/h5-7,16-17H,3-4H2,1-2H3. The van der Waals surface area contributed by atoms with Crippen molar-refractivity contribution in [1.82, 2.24) is 4.90 Å². The molecular weight excluding hydrogens is 240 g/mol. The number of benzene rings is 1. The van der Waals surface area contributed by atoms with Crippen molar-refractivity contribution >= 4 is 30.1 Å². The molecule has 0 spiro atoms. The van der Waals surface area contributed by atoms with Gasteiger partial charge >= 0.3 is 7.12 Å². The lowest BCUT2D eigenvalue weighted by atomic mass is 9.79. The van der Waals surface area contributed by atoms with Crippen LogP contribution in [0.4, 0.5) is 0 Å². The van der Waals surface area contributed by atoms with Gasteiger partial charge in [0, 0.05) is 13.1 Å². The highest BCUT2D eigenvalue weighted by Gasteiger charge is 2.19. The molecule has 1 aromatic carbocycles. The average molecular weight is 256 g/mol. The Morgan fingerprint density at radius 2 is 1.94 bits per heavy atom. The summed E-state index contributed by atoms with van der Waals surface area (Å²) < 4.78 is 0. The maximum atomic E-state index is 12.1. The van der Waals surface area contributed by atoms with Crippen molar-refractivity contribution in [3.63, 3.8) is 0 Å². The average Bonchev–Trinajstić information content (AvgIpc) is 2.30. The second kappa shape index (κ2) is 6.05. The van der Waals surface area contributed by atoms with Gasteiger partial charge in [-0.3, -0.25) is 4.79 Å². The van der Waals surface area contributed by atoms with Gasteiger partial charge in [-0.25, -0.2) is 0 Å². The van der Waals surface area contributed by atoms with Crippen LogP contribution in [-0.2, 0) is 0 Å². The van der Waals surface area contributed by atoms with E-state index in [9.17, 15) is 4.79 Å². The van der Waals surface area contributed by atoms with Crippen LogP contribution >= 0.6 is 11.6 Å². The fraction of sp³-hybridized carbons (Fsp3) is 0.364. The maximum absolute atomic E-state index is 12.1. The zero-order chi connectivity index (χ0) is 13.0. The molecule has 0 atom stereocenters. The minimum Gasteiger partial charge on any atom is -0.423 e. The van der Waals surface area contributed by atoms with E-state index in [0.717, 1.165) is 0 Å². The zero-order valence-corrected chi connectivity index (χ0v) is 10.6. The van der Waals surface area contributed by atoms with E-state index in [-0.39, 0.29) is 11.4 Å². The fourth-order valence-electron chi connectivity index (χ4n) is 1.55.